The van der Waals surface area contributed by atoms with E-state index in [1.54, 1.807) is 0 Å². The van der Waals surface area contributed by atoms with Crippen LogP contribution in [0.25, 0.3) is 0 Å². The lowest BCUT2D eigenvalue weighted by molar-refractivity contribution is 0.0953. The highest BCUT2D eigenvalue weighted by Crippen LogP contribution is 2.17. The maximum atomic E-state index is 12.0. The normalized spacial score (nSPS) is 10.3. The molecule has 3 nitrogen and oxygen atoms in total. The van der Waals surface area contributed by atoms with Crippen LogP contribution < -0.4 is 10.6 Å². The topological polar surface area (TPSA) is 41.1 Å². The molecule has 0 saturated heterocycles. The van der Waals surface area contributed by atoms with Crippen molar-refractivity contribution < 1.29 is 4.79 Å². The van der Waals surface area contributed by atoms with Crippen LogP contribution in [0.15, 0.2) is 48.5 Å². The minimum absolute atomic E-state index is 0.00217. The molecule has 0 radical (unpaired) electrons. The zero-order valence-electron chi connectivity index (χ0n) is 13.4. The molecule has 0 fully saturated rings. The number of para-hydroxylation sites is 1. The molecule has 0 heterocycles. The van der Waals surface area contributed by atoms with Crippen molar-refractivity contribution in [2.45, 2.75) is 33.2 Å². The van der Waals surface area contributed by atoms with E-state index in [0.717, 1.165) is 29.7 Å². The van der Waals surface area contributed by atoms with Crippen molar-refractivity contribution in [2.24, 2.45) is 0 Å². The van der Waals surface area contributed by atoms with Crippen LogP contribution in [0.4, 0.5) is 5.69 Å². The molecule has 0 bridgehead atoms. The predicted octanol–water partition coefficient (Wildman–Crippen LogP) is 4.00. The van der Waals surface area contributed by atoms with Crippen LogP contribution in [0.3, 0.4) is 0 Å². The second kappa shape index (κ2) is 8.23. The lowest BCUT2D eigenvalue weighted by Crippen LogP contribution is -2.24. The number of hydrogen-bond acceptors (Lipinski definition) is 2. The van der Waals surface area contributed by atoms with Gasteiger partial charge in [0.1, 0.15) is 0 Å². The van der Waals surface area contributed by atoms with E-state index in [9.17, 15) is 4.79 Å². The zero-order valence-corrected chi connectivity index (χ0v) is 13.4. The molecule has 3 heteroatoms. The van der Waals surface area contributed by atoms with Gasteiger partial charge in [-0.05, 0) is 42.2 Å². The Bertz CT molecular complexity index is 622. The van der Waals surface area contributed by atoms with Crippen LogP contribution in [-0.2, 0) is 13.0 Å². The Hall–Kier alpha value is -2.29. The van der Waals surface area contributed by atoms with E-state index in [1.165, 1.54) is 5.56 Å². The molecule has 0 aromatic heterocycles. The van der Waals surface area contributed by atoms with Gasteiger partial charge in [0.2, 0.25) is 0 Å². The first-order valence-electron chi connectivity index (χ1n) is 7.93. The smallest absolute Gasteiger partial charge is 0.251 e. The largest absolute Gasteiger partial charge is 0.381 e. The predicted molar refractivity (Wildman–Crippen MR) is 92.2 cm³/mol. The average molecular weight is 296 g/mol. The number of hydrogen-bond donors (Lipinski definition) is 2. The van der Waals surface area contributed by atoms with Crippen LogP contribution in [0.1, 0.15) is 41.8 Å². The molecule has 116 valence electrons. The van der Waals surface area contributed by atoms with Crippen molar-refractivity contribution >= 4 is 11.6 Å². The van der Waals surface area contributed by atoms with Crippen LogP contribution in [0.5, 0.6) is 0 Å². The Kier molecular flexibility index (Phi) is 6.01. The van der Waals surface area contributed by atoms with Crippen molar-refractivity contribution in [3.8, 4) is 0 Å². The first-order valence-corrected chi connectivity index (χ1v) is 7.93. The standard InChI is InChI=1S/C19H24N2O/c1-3-12-20-19(22)17-10-7-8-15(13-17)14-21-18-11-6-5-9-16(18)4-2/h5-11,13,21H,3-4,12,14H2,1-2H3,(H,20,22). The summed E-state index contributed by atoms with van der Waals surface area (Å²) in [7, 11) is 0. The molecular weight excluding hydrogens is 272 g/mol. The van der Waals surface area contributed by atoms with Gasteiger partial charge >= 0.3 is 0 Å². The van der Waals surface area contributed by atoms with Gasteiger partial charge in [0, 0.05) is 24.3 Å². The summed E-state index contributed by atoms with van der Waals surface area (Å²) in [5, 5.41) is 6.37. The molecule has 0 aliphatic carbocycles. The first kappa shape index (κ1) is 16.1. The van der Waals surface area contributed by atoms with Gasteiger partial charge in [-0.2, -0.15) is 0 Å². The lowest BCUT2D eigenvalue weighted by Gasteiger charge is -2.11. The molecule has 0 aliphatic rings. The number of amides is 1. The highest BCUT2D eigenvalue weighted by Gasteiger charge is 2.05. The van der Waals surface area contributed by atoms with Crippen LogP contribution in [0.2, 0.25) is 0 Å². The Labute approximate surface area is 132 Å². The van der Waals surface area contributed by atoms with Gasteiger partial charge in [-0.15, -0.1) is 0 Å². The lowest BCUT2D eigenvalue weighted by atomic mass is 10.1. The highest BCUT2D eigenvalue weighted by atomic mass is 16.1. The minimum atomic E-state index is -0.00217. The number of carbonyl (C=O) groups is 1. The molecular formula is C19H24N2O. The molecule has 2 aromatic rings. The average Bonchev–Trinajstić information content (AvgIpc) is 2.58. The molecule has 0 aliphatic heterocycles. The quantitative estimate of drug-likeness (QED) is 0.811. The number of nitrogens with one attached hydrogen (secondary N) is 2. The van der Waals surface area contributed by atoms with Crippen LogP contribution >= 0.6 is 0 Å². The Morgan fingerprint density at radius 2 is 1.86 bits per heavy atom. The fourth-order valence-corrected chi connectivity index (χ4v) is 2.36. The monoisotopic (exact) mass is 296 g/mol. The van der Waals surface area contributed by atoms with E-state index in [0.29, 0.717) is 13.1 Å². The summed E-state index contributed by atoms with van der Waals surface area (Å²) < 4.78 is 0. The summed E-state index contributed by atoms with van der Waals surface area (Å²) >= 11 is 0. The molecule has 0 unspecified atom stereocenters. The summed E-state index contributed by atoms with van der Waals surface area (Å²) in [6, 6.07) is 16.1. The van der Waals surface area contributed by atoms with Crippen LogP contribution in [-0.4, -0.2) is 12.5 Å². The van der Waals surface area contributed by atoms with Crippen LogP contribution in [0, 0.1) is 0 Å². The molecule has 2 rings (SSSR count). The Morgan fingerprint density at radius 3 is 2.64 bits per heavy atom. The van der Waals surface area contributed by atoms with Crippen molar-refractivity contribution in [3.63, 3.8) is 0 Å². The molecule has 1 amide bonds. The summed E-state index contributed by atoms with van der Waals surface area (Å²) in [5.41, 5.74) is 4.29. The molecule has 0 spiro atoms. The van der Waals surface area contributed by atoms with E-state index in [2.05, 4.69) is 35.8 Å². The van der Waals surface area contributed by atoms with Crippen molar-refractivity contribution in [2.75, 3.05) is 11.9 Å². The van der Waals surface area contributed by atoms with Gasteiger partial charge in [-0.25, -0.2) is 0 Å². The number of carbonyl (C=O) groups excluding carboxylic acids is 1. The van der Waals surface area contributed by atoms with Crippen molar-refractivity contribution in [3.05, 3.63) is 65.2 Å². The van der Waals surface area contributed by atoms with E-state index < -0.39 is 0 Å². The molecule has 2 N–H and O–H groups in total. The molecule has 0 saturated carbocycles. The SMILES string of the molecule is CCCNC(=O)c1cccc(CNc2ccccc2CC)c1. The van der Waals surface area contributed by atoms with Gasteiger partial charge in [0.05, 0.1) is 0 Å². The third-order valence-corrected chi connectivity index (χ3v) is 3.61. The van der Waals surface area contributed by atoms with E-state index in [4.69, 9.17) is 0 Å². The first-order chi connectivity index (χ1) is 10.7. The summed E-state index contributed by atoms with van der Waals surface area (Å²) in [4.78, 5) is 12.0. The third-order valence-electron chi connectivity index (χ3n) is 3.61. The van der Waals surface area contributed by atoms with Gasteiger partial charge in [-0.3, -0.25) is 4.79 Å². The molecule has 2 aromatic carbocycles. The van der Waals surface area contributed by atoms with E-state index in [-0.39, 0.29) is 5.91 Å². The second-order valence-corrected chi connectivity index (χ2v) is 5.32. The Morgan fingerprint density at radius 1 is 1.05 bits per heavy atom. The maximum Gasteiger partial charge on any atom is 0.251 e. The van der Waals surface area contributed by atoms with Gasteiger partial charge in [0.25, 0.3) is 5.91 Å². The summed E-state index contributed by atoms with van der Waals surface area (Å²) in [5.74, 6) is -0.00217. The minimum Gasteiger partial charge on any atom is -0.381 e. The van der Waals surface area contributed by atoms with E-state index in [1.807, 2.05) is 37.3 Å². The molecule has 22 heavy (non-hydrogen) atoms. The maximum absolute atomic E-state index is 12.0. The van der Waals surface area contributed by atoms with Gasteiger partial charge < -0.3 is 10.6 Å². The summed E-state index contributed by atoms with van der Waals surface area (Å²) in [6.45, 7) is 5.63. The van der Waals surface area contributed by atoms with E-state index >= 15 is 0 Å². The third kappa shape index (κ3) is 4.35. The fraction of sp³-hybridized carbons (Fsp3) is 0.316. The van der Waals surface area contributed by atoms with Gasteiger partial charge in [-0.1, -0.05) is 44.2 Å². The Balaban J connectivity index is 2.03. The number of benzene rings is 2. The number of rotatable bonds is 7. The summed E-state index contributed by atoms with van der Waals surface area (Å²) in [6.07, 6.45) is 1.95. The van der Waals surface area contributed by atoms with Crippen molar-refractivity contribution in [1.29, 1.82) is 0 Å². The van der Waals surface area contributed by atoms with Gasteiger partial charge in [0.15, 0.2) is 0 Å². The number of aryl methyl sites for hydroxylation is 1. The fourth-order valence-electron chi connectivity index (χ4n) is 2.36. The molecule has 0 atom stereocenters. The van der Waals surface area contributed by atoms with Crippen molar-refractivity contribution in [1.82, 2.24) is 5.32 Å². The highest BCUT2D eigenvalue weighted by molar-refractivity contribution is 5.94. The zero-order chi connectivity index (χ0) is 15.8. The number of anilines is 1. The second-order valence-electron chi connectivity index (χ2n) is 5.32.